The summed E-state index contributed by atoms with van der Waals surface area (Å²) in [5.74, 6) is 2.28. The number of ether oxygens (including phenoxy) is 2. The topological polar surface area (TPSA) is 54.9 Å². The molecule has 6 heteroatoms. The molecule has 0 amide bonds. The Morgan fingerprint density at radius 1 is 1.23 bits per heavy atom. The van der Waals surface area contributed by atoms with Gasteiger partial charge in [0.15, 0.2) is 17.5 Å². The molecule has 0 aliphatic heterocycles. The molecule has 1 aromatic carbocycles. The molecule has 0 aromatic heterocycles. The highest BCUT2D eigenvalue weighted by atomic mass is 127. The number of rotatable bonds is 5. The van der Waals surface area contributed by atoms with Crippen LogP contribution >= 0.6 is 24.0 Å². The molecule has 0 aliphatic carbocycles. The molecule has 0 unspecified atom stereocenters. The second-order valence-electron chi connectivity index (χ2n) is 5.72. The molecule has 1 aromatic rings. The summed E-state index contributed by atoms with van der Waals surface area (Å²) in [6.45, 7) is 9.53. The lowest BCUT2D eigenvalue weighted by molar-refractivity contribution is 0.310. The molecule has 0 saturated carbocycles. The zero-order valence-corrected chi connectivity index (χ0v) is 16.6. The maximum absolute atomic E-state index is 5.58. The van der Waals surface area contributed by atoms with Gasteiger partial charge in [-0.3, -0.25) is 4.99 Å². The fourth-order valence-corrected chi connectivity index (χ4v) is 1.82. The minimum atomic E-state index is -0.0295. The average Bonchev–Trinajstić information content (AvgIpc) is 2.43. The number of halogens is 1. The van der Waals surface area contributed by atoms with Crippen molar-refractivity contribution in [3.63, 3.8) is 0 Å². The van der Waals surface area contributed by atoms with Crippen LogP contribution in [0.5, 0.6) is 11.5 Å². The average molecular weight is 421 g/mol. The van der Waals surface area contributed by atoms with E-state index in [4.69, 9.17) is 9.47 Å². The van der Waals surface area contributed by atoms with Gasteiger partial charge in [0.05, 0.1) is 13.7 Å². The van der Waals surface area contributed by atoms with Crippen molar-refractivity contribution in [1.29, 1.82) is 0 Å². The van der Waals surface area contributed by atoms with Crippen LogP contribution in [0.2, 0.25) is 0 Å². The number of hydrogen-bond acceptors (Lipinski definition) is 3. The maximum atomic E-state index is 5.58. The Bertz CT molecular complexity index is 485. The van der Waals surface area contributed by atoms with Gasteiger partial charge in [0.2, 0.25) is 0 Å². The molecule has 0 bridgehead atoms. The van der Waals surface area contributed by atoms with E-state index in [0.29, 0.717) is 13.2 Å². The summed E-state index contributed by atoms with van der Waals surface area (Å²) in [7, 11) is 3.41. The summed E-state index contributed by atoms with van der Waals surface area (Å²) in [4.78, 5) is 4.22. The van der Waals surface area contributed by atoms with E-state index in [2.05, 4.69) is 36.4 Å². The van der Waals surface area contributed by atoms with Crippen LogP contribution in [0.3, 0.4) is 0 Å². The summed E-state index contributed by atoms with van der Waals surface area (Å²) in [6.07, 6.45) is 0. The van der Waals surface area contributed by atoms with Crippen molar-refractivity contribution in [2.24, 2.45) is 4.99 Å². The van der Waals surface area contributed by atoms with Gasteiger partial charge in [-0.1, -0.05) is 6.07 Å². The second kappa shape index (κ2) is 9.76. The molecule has 0 heterocycles. The van der Waals surface area contributed by atoms with Crippen molar-refractivity contribution in [2.75, 3.05) is 20.8 Å². The van der Waals surface area contributed by atoms with Crippen LogP contribution in [0.25, 0.3) is 0 Å². The summed E-state index contributed by atoms with van der Waals surface area (Å²) in [5, 5.41) is 6.61. The van der Waals surface area contributed by atoms with E-state index in [1.165, 1.54) is 0 Å². The highest BCUT2D eigenvalue weighted by Gasteiger charge is 2.12. The van der Waals surface area contributed by atoms with Gasteiger partial charge in [0.1, 0.15) is 0 Å². The first-order valence-electron chi connectivity index (χ1n) is 7.18. The van der Waals surface area contributed by atoms with Gasteiger partial charge in [-0.05, 0) is 45.4 Å². The molecule has 5 nitrogen and oxygen atoms in total. The van der Waals surface area contributed by atoms with Crippen molar-refractivity contribution in [3.8, 4) is 11.5 Å². The molecule has 0 atom stereocenters. The first-order chi connectivity index (χ1) is 9.89. The number of benzene rings is 1. The maximum Gasteiger partial charge on any atom is 0.191 e. The summed E-state index contributed by atoms with van der Waals surface area (Å²) in [5.41, 5.74) is 1.08. The van der Waals surface area contributed by atoms with Crippen LogP contribution in [0.1, 0.15) is 33.3 Å². The monoisotopic (exact) mass is 421 g/mol. The molecule has 0 saturated heterocycles. The van der Waals surface area contributed by atoms with Gasteiger partial charge in [-0.2, -0.15) is 0 Å². The van der Waals surface area contributed by atoms with Crippen molar-refractivity contribution in [1.82, 2.24) is 10.6 Å². The molecular weight excluding hydrogens is 393 g/mol. The van der Waals surface area contributed by atoms with Gasteiger partial charge >= 0.3 is 0 Å². The third-order valence-corrected chi connectivity index (χ3v) is 2.70. The molecule has 0 spiro atoms. The number of methoxy groups -OCH3 is 1. The largest absolute Gasteiger partial charge is 0.493 e. The first-order valence-corrected chi connectivity index (χ1v) is 7.18. The smallest absolute Gasteiger partial charge is 0.191 e. The molecule has 1 rings (SSSR count). The Morgan fingerprint density at radius 3 is 2.41 bits per heavy atom. The minimum Gasteiger partial charge on any atom is -0.493 e. The molecule has 0 fully saturated rings. The highest BCUT2D eigenvalue weighted by molar-refractivity contribution is 14.0. The molecule has 2 N–H and O–H groups in total. The Kier molecular flexibility index (Phi) is 9.24. The first kappa shape index (κ1) is 20.8. The third kappa shape index (κ3) is 7.20. The fraction of sp³-hybridized carbons (Fsp3) is 0.562. The van der Waals surface area contributed by atoms with Crippen LogP contribution in [-0.4, -0.2) is 32.3 Å². The van der Waals surface area contributed by atoms with E-state index in [1.807, 2.05) is 25.1 Å². The van der Waals surface area contributed by atoms with Crippen LogP contribution in [0.4, 0.5) is 0 Å². The molecule has 22 heavy (non-hydrogen) atoms. The van der Waals surface area contributed by atoms with Gasteiger partial charge in [0, 0.05) is 19.1 Å². The van der Waals surface area contributed by atoms with Crippen LogP contribution in [0.15, 0.2) is 23.2 Å². The third-order valence-electron chi connectivity index (χ3n) is 2.70. The van der Waals surface area contributed by atoms with Gasteiger partial charge in [-0.15, -0.1) is 24.0 Å². The molecular formula is C16H28IN3O2. The van der Waals surface area contributed by atoms with Gasteiger partial charge in [0.25, 0.3) is 0 Å². The van der Waals surface area contributed by atoms with Crippen molar-refractivity contribution in [2.45, 2.75) is 39.8 Å². The Labute approximate surface area is 150 Å². The summed E-state index contributed by atoms with van der Waals surface area (Å²) < 4.78 is 10.9. The zero-order valence-electron chi connectivity index (χ0n) is 14.3. The Balaban J connectivity index is 0.00000441. The predicted molar refractivity (Wildman–Crippen MR) is 103 cm³/mol. The van der Waals surface area contributed by atoms with Gasteiger partial charge in [-0.25, -0.2) is 0 Å². The molecule has 126 valence electrons. The van der Waals surface area contributed by atoms with E-state index >= 15 is 0 Å². The van der Waals surface area contributed by atoms with Crippen LogP contribution in [-0.2, 0) is 6.54 Å². The minimum absolute atomic E-state index is 0. The predicted octanol–water partition coefficient (Wildman–Crippen LogP) is 3.18. The van der Waals surface area contributed by atoms with Crippen LogP contribution in [0, 0.1) is 0 Å². The lowest BCUT2D eigenvalue weighted by Crippen LogP contribution is -2.47. The highest BCUT2D eigenvalue weighted by Crippen LogP contribution is 2.27. The lowest BCUT2D eigenvalue weighted by Gasteiger charge is -2.23. The number of hydrogen-bond donors (Lipinski definition) is 2. The lowest BCUT2D eigenvalue weighted by atomic mass is 10.1. The SMILES string of the molecule is CCOc1cc(CNC(=NC)NC(C)(C)C)ccc1OC.I. The number of guanidine groups is 1. The standard InChI is InChI=1S/C16H27N3O2.HI/c1-7-21-14-10-12(8-9-13(14)20-6)11-18-15(17-5)19-16(2,3)4;/h8-10H,7,11H2,1-6H3,(H2,17,18,19);1H. The van der Waals surface area contributed by atoms with E-state index in [0.717, 1.165) is 23.0 Å². The Hall–Kier alpha value is -1.18. The summed E-state index contributed by atoms with van der Waals surface area (Å²) in [6, 6.07) is 5.92. The molecule has 0 aliphatic rings. The van der Waals surface area contributed by atoms with Crippen molar-refractivity contribution in [3.05, 3.63) is 23.8 Å². The number of aliphatic imine (C=N–C) groups is 1. The van der Waals surface area contributed by atoms with Crippen molar-refractivity contribution < 1.29 is 9.47 Å². The summed E-state index contributed by atoms with van der Waals surface area (Å²) >= 11 is 0. The zero-order chi connectivity index (χ0) is 15.9. The van der Waals surface area contributed by atoms with Gasteiger partial charge < -0.3 is 20.1 Å². The van der Waals surface area contributed by atoms with E-state index in [9.17, 15) is 0 Å². The fourth-order valence-electron chi connectivity index (χ4n) is 1.82. The van der Waals surface area contributed by atoms with Crippen molar-refractivity contribution >= 4 is 29.9 Å². The quantitative estimate of drug-likeness (QED) is 0.436. The van der Waals surface area contributed by atoms with E-state index in [-0.39, 0.29) is 29.5 Å². The van der Waals surface area contributed by atoms with E-state index < -0.39 is 0 Å². The van der Waals surface area contributed by atoms with Crippen LogP contribution < -0.4 is 20.1 Å². The number of nitrogens with zero attached hydrogens (tertiary/aromatic N) is 1. The molecule has 0 radical (unpaired) electrons. The van der Waals surface area contributed by atoms with E-state index in [1.54, 1.807) is 14.2 Å². The second-order valence-corrected chi connectivity index (χ2v) is 5.72. The number of nitrogens with one attached hydrogen (secondary N) is 2. The normalized spacial score (nSPS) is 11.5. The Morgan fingerprint density at radius 2 is 1.91 bits per heavy atom.